The van der Waals surface area contributed by atoms with Crippen molar-refractivity contribution in [3.63, 3.8) is 0 Å². The molecule has 2 atom stereocenters. The van der Waals surface area contributed by atoms with E-state index in [0.717, 1.165) is 30.5 Å². The minimum absolute atomic E-state index is 0.0128. The third kappa shape index (κ3) is 3.42. The number of hydrogen-bond donors (Lipinski definition) is 1. The zero-order valence-corrected chi connectivity index (χ0v) is 16.9. The van der Waals surface area contributed by atoms with Crippen LogP contribution in [0.5, 0.6) is 0 Å². The highest BCUT2D eigenvalue weighted by Crippen LogP contribution is 2.39. The predicted octanol–water partition coefficient (Wildman–Crippen LogP) is 2.99. The van der Waals surface area contributed by atoms with Gasteiger partial charge in [-0.15, -0.1) is 0 Å². The molecule has 4 rings (SSSR count). The first-order chi connectivity index (χ1) is 12.9. The fraction of sp³-hybridized carbons (Fsp3) is 0.810. The van der Waals surface area contributed by atoms with Crippen molar-refractivity contribution in [3.8, 4) is 0 Å². The number of rotatable bonds is 2. The SMILES string of the molecule is C[C@@H]1Cc2c(C(=O)N3CCC(O)(C4CCCCC4)CC3)nn(C)c2[C@H](C)O1. The third-order valence-electron chi connectivity index (χ3n) is 6.99. The van der Waals surface area contributed by atoms with Gasteiger partial charge in [-0.25, -0.2) is 0 Å². The molecule has 1 aromatic rings. The van der Waals surface area contributed by atoms with Crippen molar-refractivity contribution in [2.75, 3.05) is 13.1 Å². The van der Waals surface area contributed by atoms with Crippen molar-refractivity contribution in [3.05, 3.63) is 17.0 Å². The van der Waals surface area contributed by atoms with E-state index in [2.05, 4.69) is 5.10 Å². The summed E-state index contributed by atoms with van der Waals surface area (Å²) in [5.74, 6) is 0.420. The first kappa shape index (κ1) is 18.9. The summed E-state index contributed by atoms with van der Waals surface area (Å²) in [5.41, 5.74) is 2.06. The molecule has 150 valence electrons. The van der Waals surface area contributed by atoms with Gasteiger partial charge in [0.05, 0.1) is 23.5 Å². The Morgan fingerprint density at radius 3 is 2.52 bits per heavy atom. The van der Waals surface area contributed by atoms with Crippen LogP contribution in [0.25, 0.3) is 0 Å². The summed E-state index contributed by atoms with van der Waals surface area (Å²) in [4.78, 5) is 15.1. The van der Waals surface area contributed by atoms with Gasteiger partial charge in [0.1, 0.15) is 0 Å². The summed E-state index contributed by atoms with van der Waals surface area (Å²) in [7, 11) is 1.89. The van der Waals surface area contributed by atoms with Crippen LogP contribution in [0, 0.1) is 5.92 Å². The van der Waals surface area contributed by atoms with Crippen molar-refractivity contribution in [2.45, 2.75) is 83.0 Å². The van der Waals surface area contributed by atoms with E-state index < -0.39 is 5.60 Å². The Bertz CT molecular complexity index is 700. The minimum atomic E-state index is -0.586. The van der Waals surface area contributed by atoms with Crippen LogP contribution in [0.15, 0.2) is 0 Å². The predicted molar refractivity (Wildman–Crippen MR) is 103 cm³/mol. The van der Waals surface area contributed by atoms with Gasteiger partial charge in [0.2, 0.25) is 0 Å². The second kappa shape index (κ2) is 7.21. The molecule has 1 aromatic heterocycles. The van der Waals surface area contributed by atoms with Gasteiger partial charge in [-0.2, -0.15) is 5.10 Å². The molecule has 1 saturated heterocycles. The van der Waals surface area contributed by atoms with E-state index in [0.29, 0.717) is 37.5 Å². The molecule has 1 saturated carbocycles. The van der Waals surface area contributed by atoms with E-state index in [1.54, 1.807) is 4.68 Å². The molecule has 0 radical (unpaired) electrons. The number of carbonyl (C=O) groups is 1. The lowest BCUT2D eigenvalue weighted by Crippen LogP contribution is -2.51. The molecular weight excluding hydrogens is 342 g/mol. The van der Waals surface area contributed by atoms with Crippen LogP contribution >= 0.6 is 0 Å². The highest BCUT2D eigenvalue weighted by atomic mass is 16.5. The number of hydrogen-bond acceptors (Lipinski definition) is 4. The lowest BCUT2D eigenvalue weighted by molar-refractivity contribution is -0.0724. The average molecular weight is 376 g/mol. The standard InChI is InChI=1S/C21H33N3O3/c1-14-13-17-18(22-23(3)19(17)15(2)27-14)20(25)24-11-9-21(26,10-12-24)16-7-5-4-6-8-16/h14-16,26H,4-13H2,1-3H3/t14-,15+/m1/s1. The minimum Gasteiger partial charge on any atom is -0.389 e. The van der Waals surface area contributed by atoms with Gasteiger partial charge in [0.15, 0.2) is 5.69 Å². The van der Waals surface area contributed by atoms with Gasteiger partial charge in [0, 0.05) is 32.1 Å². The third-order valence-corrected chi connectivity index (χ3v) is 6.99. The maximum Gasteiger partial charge on any atom is 0.274 e. The number of aryl methyl sites for hydroxylation is 1. The molecule has 1 N–H and O–H groups in total. The van der Waals surface area contributed by atoms with Crippen molar-refractivity contribution in [1.29, 1.82) is 0 Å². The van der Waals surface area contributed by atoms with Gasteiger partial charge < -0.3 is 14.7 Å². The lowest BCUT2D eigenvalue weighted by atomic mass is 9.72. The van der Waals surface area contributed by atoms with E-state index in [-0.39, 0.29) is 18.1 Å². The van der Waals surface area contributed by atoms with Crippen LogP contribution in [0.3, 0.4) is 0 Å². The summed E-state index contributed by atoms with van der Waals surface area (Å²) in [5, 5.41) is 15.7. The normalized spacial score (nSPS) is 28.8. The van der Waals surface area contributed by atoms with Gasteiger partial charge >= 0.3 is 0 Å². The van der Waals surface area contributed by atoms with Crippen LogP contribution in [0.1, 0.15) is 86.6 Å². The van der Waals surface area contributed by atoms with Crippen LogP contribution in [0.4, 0.5) is 0 Å². The van der Waals surface area contributed by atoms with Crippen LogP contribution in [0.2, 0.25) is 0 Å². The summed E-state index contributed by atoms with van der Waals surface area (Å²) >= 11 is 0. The summed E-state index contributed by atoms with van der Waals surface area (Å²) < 4.78 is 7.71. The number of nitrogens with zero attached hydrogens (tertiary/aromatic N) is 3. The Morgan fingerprint density at radius 1 is 1.19 bits per heavy atom. The zero-order chi connectivity index (χ0) is 19.2. The van der Waals surface area contributed by atoms with Crippen LogP contribution in [-0.4, -0.2) is 50.5 Å². The molecule has 0 spiro atoms. The Kier molecular flexibility index (Phi) is 5.06. The number of fused-ring (bicyclic) bond motifs is 1. The molecule has 3 aliphatic rings. The molecule has 0 aromatic carbocycles. The fourth-order valence-electron chi connectivity index (χ4n) is 5.51. The van der Waals surface area contributed by atoms with Gasteiger partial charge in [0.25, 0.3) is 5.91 Å². The number of aliphatic hydroxyl groups is 1. The average Bonchev–Trinajstić information content (AvgIpc) is 2.99. The summed E-state index contributed by atoms with van der Waals surface area (Å²) in [6.07, 6.45) is 8.19. The zero-order valence-electron chi connectivity index (χ0n) is 16.9. The van der Waals surface area contributed by atoms with Crippen molar-refractivity contribution in [2.24, 2.45) is 13.0 Å². The number of likely N-dealkylation sites (tertiary alicyclic amines) is 1. The number of carbonyl (C=O) groups excluding carboxylic acids is 1. The van der Waals surface area contributed by atoms with Gasteiger partial charge in [-0.3, -0.25) is 9.48 Å². The molecule has 1 aliphatic carbocycles. The number of aromatic nitrogens is 2. The molecule has 6 nitrogen and oxygen atoms in total. The van der Waals surface area contributed by atoms with Crippen molar-refractivity contribution >= 4 is 5.91 Å². The summed E-state index contributed by atoms with van der Waals surface area (Å²) in [6, 6.07) is 0. The van der Waals surface area contributed by atoms with Crippen LogP contribution in [-0.2, 0) is 18.2 Å². The van der Waals surface area contributed by atoms with E-state index >= 15 is 0 Å². The molecule has 2 aliphatic heterocycles. The molecule has 2 fully saturated rings. The maximum absolute atomic E-state index is 13.2. The van der Waals surface area contributed by atoms with E-state index in [1.165, 1.54) is 19.3 Å². The Morgan fingerprint density at radius 2 is 1.85 bits per heavy atom. The molecule has 27 heavy (non-hydrogen) atoms. The molecule has 0 bridgehead atoms. The second-order valence-corrected chi connectivity index (χ2v) is 8.86. The quantitative estimate of drug-likeness (QED) is 0.863. The van der Waals surface area contributed by atoms with Crippen LogP contribution < -0.4 is 0 Å². The first-order valence-electron chi connectivity index (χ1n) is 10.6. The molecular formula is C21H33N3O3. The molecule has 0 unspecified atom stereocenters. The maximum atomic E-state index is 13.2. The monoisotopic (exact) mass is 375 g/mol. The second-order valence-electron chi connectivity index (χ2n) is 8.86. The smallest absolute Gasteiger partial charge is 0.274 e. The Labute approximate surface area is 161 Å². The molecule has 3 heterocycles. The van der Waals surface area contributed by atoms with Crippen molar-refractivity contribution < 1.29 is 14.6 Å². The largest absolute Gasteiger partial charge is 0.389 e. The summed E-state index contributed by atoms with van der Waals surface area (Å²) in [6.45, 7) is 5.32. The topological polar surface area (TPSA) is 67.6 Å². The highest BCUT2D eigenvalue weighted by molar-refractivity contribution is 5.94. The number of ether oxygens (including phenoxy) is 1. The van der Waals surface area contributed by atoms with Crippen molar-refractivity contribution in [1.82, 2.24) is 14.7 Å². The number of amides is 1. The fourth-order valence-corrected chi connectivity index (χ4v) is 5.51. The van der Waals surface area contributed by atoms with E-state index in [9.17, 15) is 9.90 Å². The molecule has 6 heteroatoms. The lowest BCUT2D eigenvalue weighted by Gasteiger charge is -2.44. The first-order valence-corrected chi connectivity index (χ1v) is 10.6. The molecule has 1 amide bonds. The highest BCUT2D eigenvalue weighted by Gasteiger charge is 2.42. The van der Waals surface area contributed by atoms with E-state index in [1.807, 2.05) is 25.8 Å². The van der Waals surface area contributed by atoms with Gasteiger partial charge in [-0.1, -0.05) is 19.3 Å². The Hall–Kier alpha value is -1.40. The number of piperidine rings is 1. The van der Waals surface area contributed by atoms with E-state index in [4.69, 9.17) is 4.74 Å². The van der Waals surface area contributed by atoms with Gasteiger partial charge in [-0.05, 0) is 45.4 Å². The Balaban J connectivity index is 1.48.